The zero-order valence-corrected chi connectivity index (χ0v) is 11.5. The maximum atomic E-state index is 9.92. The van der Waals surface area contributed by atoms with Crippen molar-refractivity contribution in [3.8, 4) is 5.75 Å². The standard InChI is InChI=1S/C15H21NO3/c1-18-14-8-16(9-15(14)19-2)12-7-6-11-10(12)4-3-5-13(11)17/h3-5,12,14-15,17H,6-9H2,1-2H3. The van der Waals surface area contributed by atoms with Crippen LogP contribution in [0, 0.1) is 0 Å². The molecule has 4 heteroatoms. The lowest BCUT2D eigenvalue weighted by Gasteiger charge is -2.24. The van der Waals surface area contributed by atoms with Gasteiger partial charge in [0.1, 0.15) is 5.75 Å². The van der Waals surface area contributed by atoms with Gasteiger partial charge in [-0.3, -0.25) is 4.90 Å². The fraction of sp³-hybridized carbons (Fsp3) is 0.600. The van der Waals surface area contributed by atoms with Gasteiger partial charge in [0.05, 0.1) is 12.2 Å². The van der Waals surface area contributed by atoms with E-state index in [-0.39, 0.29) is 12.2 Å². The third-order valence-corrected chi connectivity index (χ3v) is 4.50. The maximum Gasteiger partial charge on any atom is 0.119 e. The van der Waals surface area contributed by atoms with Crippen LogP contribution in [0.2, 0.25) is 0 Å². The molecule has 0 spiro atoms. The van der Waals surface area contributed by atoms with Gasteiger partial charge in [0, 0.05) is 33.4 Å². The summed E-state index contributed by atoms with van der Waals surface area (Å²) in [5, 5.41) is 9.92. The van der Waals surface area contributed by atoms with Crippen molar-refractivity contribution in [3.63, 3.8) is 0 Å². The predicted octanol–water partition coefficient (Wildman–Crippen LogP) is 1.73. The number of hydrogen-bond donors (Lipinski definition) is 1. The van der Waals surface area contributed by atoms with E-state index >= 15 is 0 Å². The molecular weight excluding hydrogens is 242 g/mol. The first-order valence-electron chi connectivity index (χ1n) is 6.85. The third-order valence-electron chi connectivity index (χ3n) is 4.50. The number of aromatic hydroxyl groups is 1. The van der Waals surface area contributed by atoms with Crippen molar-refractivity contribution in [2.75, 3.05) is 27.3 Å². The number of likely N-dealkylation sites (tertiary alicyclic amines) is 1. The fourth-order valence-corrected chi connectivity index (χ4v) is 3.47. The molecule has 1 saturated heterocycles. The minimum absolute atomic E-state index is 0.145. The van der Waals surface area contributed by atoms with Crippen molar-refractivity contribution < 1.29 is 14.6 Å². The normalized spacial score (nSPS) is 30.7. The van der Waals surface area contributed by atoms with Crippen LogP contribution in [0.5, 0.6) is 5.75 Å². The summed E-state index contributed by atoms with van der Waals surface area (Å²) < 4.78 is 11.0. The van der Waals surface area contributed by atoms with Crippen LogP contribution in [0.3, 0.4) is 0 Å². The second kappa shape index (κ2) is 5.12. The van der Waals surface area contributed by atoms with Crippen LogP contribution in [0.25, 0.3) is 0 Å². The fourth-order valence-electron chi connectivity index (χ4n) is 3.47. The Morgan fingerprint density at radius 1 is 1.16 bits per heavy atom. The molecule has 4 nitrogen and oxygen atoms in total. The van der Waals surface area contributed by atoms with E-state index in [9.17, 15) is 5.11 Å². The molecule has 0 amide bonds. The first kappa shape index (κ1) is 12.9. The van der Waals surface area contributed by atoms with Gasteiger partial charge in [0.25, 0.3) is 0 Å². The van der Waals surface area contributed by atoms with Crippen molar-refractivity contribution in [1.29, 1.82) is 0 Å². The van der Waals surface area contributed by atoms with Crippen LogP contribution in [0.15, 0.2) is 18.2 Å². The molecule has 19 heavy (non-hydrogen) atoms. The van der Waals surface area contributed by atoms with Crippen molar-refractivity contribution in [2.24, 2.45) is 0 Å². The number of fused-ring (bicyclic) bond motifs is 1. The molecular formula is C15H21NO3. The average Bonchev–Trinajstić information content (AvgIpc) is 3.02. The van der Waals surface area contributed by atoms with Crippen LogP contribution in [-0.4, -0.2) is 49.5 Å². The average molecular weight is 263 g/mol. The SMILES string of the molecule is COC1CN(C2CCc3c(O)cccc32)CC1OC. The number of phenolic OH excluding ortho intramolecular Hbond substituents is 1. The van der Waals surface area contributed by atoms with Crippen molar-refractivity contribution in [3.05, 3.63) is 29.3 Å². The molecule has 1 heterocycles. The van der Waals surface area contributed by atoms with E-state index in [1.807, 2.05) is 6.07 Å². The number of phenols is 1. The van der Waals surface area contributed by atoms with Gasteiger partial charge in [-0.15, -0.1) is 0 Å². The summed E-state index contributed by atoms with van der Waals surface area (Å²) in [6.45, 7) is 1.80. The van der Waals surface area contributed by atoms with Crippen LogP contribution in [-0.2, 0) is 15.9 Å². The number of hydrogen-bond acceptors (Lipinski definition) is 4. The van der Waals surface area contributed by atoms with E-state index in [4.69, 9.17) is 9.47 Å². The third kappa shape index (κ3) is 2.14. The van der Waals surface area contributed by atoms with Gasteiger partial charge >= 0.3 is 0 Å². The zero-order chi connectivity index (χ0) is 13.4. The molecule has 3 atom stereocenters. The quantitative estimate of drug-likeness (QED) is 0.901. The van der Waals surface area contributed by atoms with Gasteiger partial charge in [-0.25, -0.2) is 0 Å². The van der Waals surface area contributed by atoms with Gasteiger partial charge in [0.2, 0.25) is 0 Å². The minimum Gasteiger partial charge on any atom is -0.508 e. The molecule has 1 aliphatic heterocycles. The molecule has 1 N–H and O–H groups in total. The Kier molecular flexibility index (Phi) is 3.48. The molecule has 3 rings (SSSR count). The minimum atomic E-state index is 0.145. The lowest BCUT2D eigenvalue weighted by atomic mass is 10.1. The highest BCUT2D eigenvalue weighted by molar-refractivity contribution is 5.44. The Labute approximate surface area is 113 Å². The number of methoxy groups -OCH3 is 2. The van der Waals surface area contributed by atoms with Crippen molar-refractivity contribution in [2.45, 2.75) is 31.1 Å². The molecule has 0 bridgehead atoms. The molecule has 1 aromatic rings. The summed E-state index contributed by atoms with van der Waals surface area (Å²) in [7, 11) is 3.49. The Morgan fingerprint density at radius 3 is 2.47 bits per heavy atom. The highest BCUT2D eigenvalue weighted by Gasteiger charge is 2.39. The monoisotopic (exact) mass is 263 g/mol. The van der Waals surface area contributed by atoms with Crippen LogP contribution >= 0.6 is 0 Å². The Bertz CT molecular complexity index is 451. The Balaban J connectivity index is 1.81. The largest absolute Gasteiger partial charge is 0.508 e. The van der Waals surface area contributed by atoms with Gasteiger partial charge in [0.15, 0.2) is 0 Å². The van der Waals surface area contributed by atoms with E-state index in [1.165, 1.54) is 5.56 Å². The van der Waals surface area contributed by atoms with Crippen molar-refractivity contribution in [1.82, 2.24) is 4.90 Å². The van der Waals surface area contributed by atoms with Gasteiger partial charge in [-0.05, 0) is 30.0 Å². The topological polar surface area (TPSA) is 41.9 Å². The van der Waals surface area contributed by atoms with Gasteiger partial charge in [-0.2, -0.15) is 0 Å². The maximum absolute atomic E-state index is 9.92. The zero-order valence-electron chi connectivity index (χ0n) is 11.5. The molecule has 1 fully saturated rings. The molecule has 3 unspecified atom stereocenters. The van der Waals surface area contributed by atoms with E-state index in [2.05, 4.69) is 11.0 Å². The molecule has 0 radical (unpaired) electrons. The summed E-state index contributed by atoms with van der Waals surface area (Å²) >= 11 is 0. The number of nitrogens with zero attached hydrogens (tertiary/aromatic N) is 1. The lowest BCUT2D eigenvalue weighted by Crippen LogP contribution is -2.27. The summed E-state index contributed by atoms with van der Waals surface area (Å²) in [4.78, 5) is 2.42. The molecule has 104 valence electrons. The van der Waals surface area contributed by atoms with E-state index in [0.29, 0.717) is 11.8 Å². The number of benzene rings is 1. The molecule has 2 aliphatic rings. The van der Waals surface area contributed by atoms with Crippen molar-refractivity contribution >= 4 is 0 Å². The molecule has 0 saturated carbocycles. The Morgan fingerprint density at radius 2 is 1.84 bits per heavy atom. The predicted molar refractivity (Wildman–Crippen MR) is 72.3 cm³/mol. The van der Waals surface area contributed by atoms with E-state index in [1.54, 1.807) is 20.3 Å². The van der Waals surface area contributed by atoms with Crippen LogP contribution < -0.4 is 0 Å². The summed E-state index contributed by atoms with van der Waals surface area (Å²) in [6, 6.07) is 6.24. The molecule has 0 aromatic heterocycles. The van der Waals surface area contributed by atoms with Gasteiger partial charge < -0.3 is 14.6 Å². The first-order chi connectivity index (χ1) is 9.24. The molecule has 1 aromatic carbocycles. The number of rotatable bonds is 3. The van der Waals surface area contributed by atoms with Gasteiger partial charge in [-0.1, -0.05) is 12.1 Å². The smallest absolute Gasteiger partial charge is 0.119 e. The summed E-state index contributed by atoms with van der Waals surface area (Å²) in [6.07, 6.45) is 2.32. The highest BCUT2D eigenvalue weighted by atomic mass is 16.5. The number of ether oxygens (including phenoxy) is 2. The highest BCUT2D eigenvalue weighted by Crippen LogP contribution is 2.41. The second-order valence-corrected chi connectivity index (χ2v) is 5.40. The lowest BCUT2D eigenvalue weighted by molar-refractivity contribution is -0.00461. The van der Waals surface area contributed by atoms with E-state index < -0.39 is 0 Å². The van der Waals surface area contributed by atoms with Crippen LogP contribution in [0.1, 0.15) is 23.6 Å². The second-order valence-electron chi connectivity index (χ2n) is 5.40. The first-order valence-corrected chi connectivity index (χ1v) is 6.85. The van der Waals surface area contributed by atoms with E-state index in [0.717, 1.165) is 31.5 Å². The summed E-state index contributed by atoms with van der Waals surface area (Å²) in [5.74, 6) is 0.436. The Hall–Kier alpha value is -1.10. The van der Waals surface area contributed by atoms with Crippen LogP contribution in [0.4, 0.5) is 0 Å². The summed E-state index contributed by atoms with van der Waals surface area (Å²) in [5.41, 5.74) is 2.38. The molecule has 1 aliphatic carbocycles.